The lowest BCUT2D eigenvalue weighted by Gasteiger charge is -2.05. The summed E-state index contributed by atoms with van der Waals surface area (Å²) in [5.41, 5.74) is 1.61. The van der Waals surface area contributed by atoms with Crippen LogP contribution in [-0.2, 0) is 9.59 Å². The third-order valence-electron chi connectivity index (χ3n) is 2.91. The SMILES string of the molecule is CCCC(=O)Nc1nnc(SCC(=O)Nc2ccc(C)c(Cl)c2)s1. The molecule has 128 valence electrons. The summed E-state index contributed by atoms with van der Waals surface area (Å²) < 4.78 is 0.624. The van der Waals surface area contributed by atoms with Gasteiger partial charge in [0.1, 0.15) is 0 Å². The molecular weight excluding hydrogens is 368 g/mol. The predicted octanol–water partition coefficient (Wildman–Crippen LogP) is 3.97. The molecule has 2 N–H and O–H groups in total. The highest BCUT2D eigenvalue weighted by Crippen LogP contribution is 2.26. The lowest BCUT2D eigenvalue weighted by molar-refractivity contribution is -0.116. The summed E-state index contributed by atoms with van der Waals surface area (Å²) in [6.07, 6.45) is 1.22. The van der Waals surface area contributed by atoms with E-state index in [0.717, 1.165) is 12.0 Å². The Morgan fingerprint density at radius 1 is 1.25 bits per heavy atom. The molecule has 0 radical (unpaired) electrons. The first-order chi connectivity index (χ1) is 11.5. The maximum absolute atomic E-state index is 12.0. The Morgan fingerprint density at radius 3 is 2.75 bits per heavy atom. The molecule has 1 heterocycles. The van der Waals surface area contributed by atoms with Gasteiger partial charge in [-0.15, -0.1) is 10.2 Å². The highest BCUT2D eigenvalue weighted by atomic mass is 35.5. The highest BCUT2D eigenvalue weighted by Gasteiger charge is 2.10. The fourth-order valence-corrected chi connectivity index (χ4v) is 3.47. The van der Waals surface area contributed by atoms with Crippen LogP contribution in [0.1, 0.15) is 25.3 Å². The number of benzene rings is 1. The zero-order valence-electron chi connectivity index (χ0n) is 13.3. The molecule has 24 heavy (non-hydrogen) atoms. The van der Waals surface area contributed by atoms with Crippen LogP contribution in [0.15, 0.2) is 22.5 Å². The molecule has 6 nitrogen and oxygen atoms in total. The van der Waals surface area contributed by atoms with Crippen LogP contribution in [0.5, 0.6) is 0 Å². The predicted molar refractivity (Wildman–Crippen MR) is 99.0 cm³/mol. The standard InChI is InChI=1S/C15H17ClN4O2S2/c1-3-4-12(21)18-14-19-20-15(24-14)23-8-13(22)17-10-6-5-9(2)11(16)7-10/h5-7H,3-4,8H2,1-2H3,(H,17,22)(H,18,19,21). The molecule has 0 atom stereocenters. The Kier molecular flexibility index (Phi) is 7.01. The zero-order chi connectivity index (χ0) is 17.5. The molecule has 2 rings (SSSR count). The summed E-state index contributed by atoms with van der Waals surface area (Å²) in [6, 6.07) is 5.36. The van der Waals surface area contributed by atoms with Gasteiger partial charge in [-0.1, -0.05) is 47.7 Å². The van der Waals surface area contributed by atoms with Crippen LogP contribution < -0.4 is 10.6 Å². The second-order valence-electron chi connectivity index (χ2n) is 4.97. The van der Waals surface area contributed by atoms with E-state index in [0.29, 0.717) is 26.6 Å². The Bertz CT molecular complexity index is 736. The van der Waals surface area contributed by atoms with Crippen LogP contribution in [-0.4, -0.2) is 27.8 Å². The van der Waals surface area contributed by atoms with Crippen LogP contribution in [0.3, 0.4) is 0 Å². The van der Waals surface area contributed by atoms with Gasteiger partial charge in [-0.25, -0.2) is 0 Å². The number of thioether (sulfide) groups is 1. The van der Waals surface area contributed by atoms with Crippen molar-refractivity contribution in [1.29, 1.82) is 0 Å². The maximum atomic E-state index is 12.0. The van der Waals surface area contributed by atoms with Crippen molar-refractivity contribution >= 4 is 57.3 Å². The van der Waals surface area contributed by atoms with E-state index in [4.69, 9.17) is 11.6 Å². The molecule has 0 aliphatic rings. The molecule has 2 aromatic rings. The molecule has 9 heteroatoms. The van der Waals surface area contributed by atoms with E-state index >= 15 is 0 Å². The number of anilines is 2. The van der Waals surface area contributed by atoms with Crippen molar-refractivity contribution in [1.82, 2.24) is 10.2 Å². The van der Waals surface area contributed by atoms with Gasteiger partial charge in [0.15, 0.2) is 4.34 Å². The van der Waals surface area contributed by atoms with Crippen molar-refractivity contribution in [3.8, 4) is 0 Å². The molecule has 0 fully saturated rings. The Morgan fingerprint density at radius 2 is 2.04 bits per heavy atom. The van der Waals surface area contributed by atoms with Gasteiger partial charge < -0.3 is 10.6 Å². The van der Waals surface area contributed by atoms with Crippen molar-refractivity contribution in [3.63, 3.8) is 0 Å². The molecule has 0 spiro atoms. The maximum Gasteiger partial charge on any atom is 0.234 e. The molecule has 0 saturated carbocycles. The number of amides is 2. The fraction of sp³-hybridized carbons (Fsp3) is 0.333. The first kappa shape index (κ1) is 18.7. The van der Waals surface area contributed by atoms with E-state index in [-0.39, 0.29) is 17.6 Å². The third kappa shape index (κ3) is 5.77. The number of aromatic nitrogens is 2. The number of carbonyl (C=O) groups excluding carboxylic acids is 2. The topological polar surface area (TPSA) is 84.0 Å². The van der Waals surface area contributed by atoms with E-state index in [1.807, 2.05) is 19.9 Å². The van der Waals surface area contributed by atoms with Gasteiger partial charge in [0.25, 0.3) is 0 Å². The van der Waals surface area contributed by atoms with E-state index in [1.165, 1.54) is 23.1 Å². The van der Waals surface area contributed by atoms with E-state index in [1.54, 1.807) is 12.1 Å². The molecule has 0 aliphatic carbocycles. The monoisotopic (exact) mass is 384 g/mol. The number of hydrogen-bond acceptors (Lipinski definition) is 6. The summed E-state index contributed by atoms with van der Waals surface area (Å²) in [7, 11) is 0. The first-order valence-corrected chi connectivity index (χ1v) is 9.48. The van der Waals surface area contributed by atoms with Crippen molar-refractivity contribution in [2.45, 2.75) is 31.0 Å². The van der Waals surface area contributed by atoms with Gasteiger partial charge >= 0.3 is 0 Å². The molecule has 2 amide bonds. The molecule has 1 aromatic carbocycles. The molecule has 0 aliphatic heterocycles. The average molecular weight is 385 g/mol. The smallest absolute Gasteiger partial charge is 0.234 e. The average Bonchev–Trinajstić information content (AvgIpc) is 2.96. The summed E-state index contributed by atoms with van der Waals surface area (Å²) in [6.45, 7) is 3.83. The molecule has 0 unspecified atom stereocenters. The van der Waals surface area contributed by atoms with Gasteiger partial charge in [-0.05, 0) is 31.0 Å². The number of aryl methyl sites for hydroxylation is 1. The lowest BCUT2D eigenvalue weighted by atomic mass is 10.2. The van der Waals surface area contributed by atoms with Gasteiger partial charge in [-0.2, -0.15) is 0 Å². The van der Waals surface area contributed by atoms with Gasteiger partial charge in [-0.3, -0.25) is 9.59 Å². The van der Waals surface area contributed by atoms with E-state index < -0.39 is 0 Å². The fourth-order valence-electron chi connectivity index (χ4n) is 1.72. The number of halogens is 1. The highest BCUT2D eigenvalue weighted by molar-refractivity contribution is 8.01. The van der Waals surface area contributed by atoms with Crippen molar-refractivity contribution in [2.24, 2.45) is 0 Å². The zero-order valence-corrected chi connectivity index (χ0v) is 15.6. The van der Waals surface area contributed by atoms with Gasteiger partial charge in [0.2, 0.25) is 16.9 Å². The minimum Gasteiger partial charge on any atom is -0.325 e. The third-order valence-corrected chi connectivity index (χ3v) is 5.29. The molecular formula is C15H17ClN4O2S2. The normalized spacial score (nSPS) is 10.5. The second-order valence-corrected chi connectivity index (χ2v) is 7.58. The van der Waals surface area contributed by atoms with Crippen LogP contribution in [0.25, 0.3) is 0 Å². The molecule has 1 aromatic heterocycles. The number of hydrogen-bond donors (Lipinski definition) is 2. The Labute approximate surface area is 153 Å². The summed E-state index contributed by atoms with van der Waals surface area (Å²) >= 11 is 8.54. The second kappa shape index (κ2) is 9.00. The number of nitrogens with zero attached hydrogens (tertiary/aromatic N) is 2. The van der Waals surface area contributed by atoms with E-state index in [2.05, 4.69) is 20.8 Å². The van der Waals surface area contributed by atoms with Crippen molar-refractivity contribution in [2.75, 3.05) is 16.4 Å². The van der Waals surface area contributed by atoms with E-state index in [9.17, 15) is 9.59 Å². The Balaban J connectivity index is 1.82. The minimum absolute atomic E-state index is 0.0841. The minimum atomic E-state index is -0.160. The largest absolute Gasteiger partial charge is 0.325 e. The molecule has 0 saturated heterocycles. The van der Waals surface area contributed by atoms with Crippen molar-refractivity contribution in [3.05, 3.63) is 28.8 Å². The van der Waals surface area contributed by atoms with Crippen LogP contribution in [0, 0.1) is 6.92 Å². The summed E-state index contributed by atoms with van der Waals surface area (Å²) in [5.74, 6) is -0.0471. The summed E-state index contributed by atoms with van der Waals surface area (Å²) in [5, 5.41) is 14.4. The van der Waals surface area contributed by atoms with Crippen LogP contribution in [0.4, 0.5) is 10.8 Å². The molecule has 0 bridgehead atoms. The number of rotatable bonds is 7. The quantitative estimate of drug-likeness (QED) is 0.557. The van der Waals surface area contributed by atoms with Crippen LogP contribution >= 0.6 is 34.7 Å². The Hall–Kier alpha value is -1.64. The first-order valence-electron chi connectivity index (χ1n) is 7.30. The summed E-state index contributed by atoms with van der Waals surface area (Å²) in [4.78, 5) is 23.5. The van der Waals surface area contributed by atoms with Gasteiger partial charge in [0, 0.05) is 17.1 Å². The van der Waals surface area contributed by atoms with Gasteiger partial charge in [0.05, 0.1) is 5.75 Å². The number of carbonyl (C=O) groups is 2. The number of nitrogens with one attached hydrogen (secondary N) is 2. The van der Waals surface area contributed by atoms with Crippen molar-refractivity contribution < 1.29 is 9.59 Å². The van der Waals surface area contributed by atoms with Crippen LogP contribution in [0.2, 0.25) is 5.02 Å². The lowest BCUT2D eigenvalue weighted by Crippen LogP contribution is -2.13.